The molecule has 1 rings (SSSR count). The standard InChI is InChI=1S/C30H58N4O5S/c1-5-6-7-8-9-10-11-12-13-14-15-16-17-18-19-20-22-34(29(35)38-3)27-30(2,39-4)26-32-40(36,37)25-24-33-23-21-31-28-33/h21,23,28,32H,5-20,22,24-27H2,1-4H3. The van der Waals surface area contributed by atoms with Crippen LogP contribution >= 0.6 is 0 Å². The van der Waals surface area contributed by atoms with Gasteiger partial charge >= 0.3 is 6.09 Å². The van der Waals surface area contributed by atoms with Gasteiger partial charge in [-0.05, 0) is 13.3 Å². The van der Waals surface area contributed by atoms with Gasteiger partial charge in [0.25, 0.3) is 0 Å². The number of imidazole rings is 1. The molecule has 10 heteroatoms. The minimum Gasteiger partial charge on any atom is -0.453 e. The van der Waals surface area contributed by atoms with E-state index in [1.54, 1.807) is 35.1 Å². The van der Waals surface area contributed by atoms with Gasteiger partial charge in [0.05, 0.1) is 31.3 Å². The van der Waals surface area contributed by atoms with Crippen LogP contribution in [0.3, 0.4) is 0 Å². The highest BCUT2D eigenvalue weighted by molar-refractivity contribution is 7.89. The molecule has 234 valence electrons. The number of nitrogens with zero attached hydrogens (tertiary/aromatic N) is 3. The Morgan fingerprint density at radius 2 is 1.43 bits per heavy atom. The number of methoxy groups -OCH3 is 2. The quantitative estimate of drug-likeness (QED) is 0.124. The normalized spacial score (nSPS) is 13.3. The summed E-state index contributed by atoms with van der Waals surface area (Å²) in [5.41, 5.74) is -0.884. The van der Waals surface area contributed by atoms with Crippen molar-refractivity contribution < 1.29 is 22.7 Å². The molecule has 0 spiro atoms. The van der Waals surface area contributed by atoms with E-state index in [4.69, 9.17) is 9.47 Å². The number of unbranched alkanes of at least 4 members (excludes halogenated alkanes) is 15. The van der Waals surface area contributed by atoms with E-state index in [0.29, 0.717) is 13.1 Å². The first-order valence-corrected chi connectivity index (χ1v) is 17.2. The first-order chi connectivity index (χ1) is 19.2. The Morgan fingerprint density at radius 1 is 0.900 bits per heavy atom. The molecule has 1 atom stereocenters. The average Bonchev–Trinajstić information content (AvgIpc) is 3.48. The van der Waals surface area contributed by atoms with Crippen molar-refractivity contribution in [3.8, 4) is 0 Å². The number of carbonyl (C=O) groups excluding carboxylic acids is 1. The molecule has 0 aliphatic rings. The van der Waals surface area contributed by atoms with Gasteiger partial charge in [-0.25, -0.2) is 22.9 Å². The number of carbonyl (C=O) groups is 1. The molecule has 9 nitrogen and oxygen atoms in total. The van der Waals surface area contributed by atoms with Crippen LogP contribution in [0, 0.1) is 0 Å². The Balaban J connectivity index is 2.23. The maximum atomic E-state index is 12.5. The van der Waals surface area contributed by atoms with Gasteiger partial charge in [-0.3, -0.25) is 0 Å². The highest BCUT2D eigenvalue weighted by Crippen LogP contribution is 2.16. The van der Waals surface area contributed by atoms with Gasteiger partial charge in [-0.1, -0.05) is 103 Å². The second-order valence-corrected chi connectivity index (χ2v) is 13.2. The average molecular weight is 587 g/mol. The number of hydrogen-bond donors (Lipinski definition) is 1. The summed E-state index contributed by atoms with van der Waals surface area (Å²) in [6.07, 6.45) is 25.2. The van der Waals surface area contributed by atoms with E-state index in [2.05, 4.69) is 16.6 Å². The second-order valence-electron chi connectivity index (χ2n) is 11.3. The molecule has 0 aliphatic carbocycles. The van der Waals surface area contributed by atoms with E-state index in [9.17, 15) is 13.2 Å². The molecular weight excluding hydrogens is 528 g/mol. The number of hydrogen-bond acceptors (Lipinski definition) is 6. The molecule has 1 unspecified atom stereocenters. The van der Waals surface area contributed by atoms with Crippen molar-refractivity contribution in [1.82, 2.24) is 19.2 Å². The Bertz CT molecular complexity index is 850. The topological polar surface area (TPSA) is 103 Å². The van der Waals surface area contributed by atoms with Crippen LogP contribution in [0.1, 0.15) is 117 Å². The van der Waals surface area contributed by atoms with Crippen molar-refractivity contribution in [2.24, 2.45) is 0 Å². The number of rotatable bonds is 26. The van der Waals surface area contributed by atoms with Crippen molar-refractivity contribution in [2.45, 2.75) is 129 Å². The molecule has 40 heavy (non-hydrogen) atoms. The van der Waals surface area contributed by atoms with Gasteiger partial charge < -0.3 is 18.9 Å². The van der Waals surface area contributed by atoms with Crippen molar-refractivity contribution >= 4 is 16.1 Å². The molecule has 0 aliphatic heterocycles. The third kappa shape index (κ3) is 17.9. The lowest BCUT2D eigenvalue weighted by atomic mass is 10.0. The van der Waals surface area contributed by atoms with Gasteiger partial charge in [0.2, 0.25) is 10.0 Å². The van der Waals surface area contributed by atoms with Gasteiger partial charge in [0, 0.05) is 39.1 Å². The summed E-state index contributed by atoms with van der Waals surface area (Å²) < 4.78 is 40.0. The lowest BCUT2D eigenvalue weighted by Crippen LogP contribution is -2.52. The monoisotopic (exact) mass is 586 g/mol. The fourth-order valence-electron chi connectivity index (χ4n) is 4.79. The Labute approximate surface area is 244 Å². The van der Waals surface area contributed by atoms with Crippen LogP contribution in [0.15, 0.2) is 18.7 Å². The zero-order valence-electron chi connectivity index (χ0n) is 25.9. The van der Waals surface area contributed by atoms with Crippen LogP contribution in [0.25, 0.3) is 0 Å². The van der Waals surface area contributed by atoms with E-state index < -0.39 is 21.7 Å². The summed E-state index contributed by atoms with van der Waals surface area (Å²) in [6.45, 7) is 5.23. The van der Waals surface area contributed by atoms with Crippen molar-refractivity contribution in [3.05, 3.63) is 18.7 Å². The minimum absolute atomic E-state index is 0.0578. The molecule has 0 saturated heterocycles. The van der Waals surface area contributed by atoms with E-state index >= 15 is 0 Å². The van der Waals surface area contributed by atoms with Crippen molar-refractivity contribution in [1.29, 1.82) is 0 Å². The maximum Gasteiger partial charge on any atom is 0.409 e. The number of aryl methyl sites for hydroxylation is 1. The van der Waals surface area contributed by atoms with Crippen LogP contribution in [-0.4, -0.2) is 74.2 Å². The lowest BCUT2D eigenvalue weighted by Gasteiger charge is -2.34. The molecule has 0 aromatic carbocycles. The van der Waals surface area contributed by atoms with E-state index in [0.717, 1.165) is 19.3 Å². The smallest absolute Gasteiger partial charge is 0.409 e. The molecule has 0 fully saturated rings. The number of aromatic nitrogens is 2. The molecule has 0 bridgehead atoms. The fourth-order valence-corrected chi connectivity index (χ4v) is 5.91. The summed E-state index contributed by atoms with van der Waals surface area (Å²) in [5.74, 6) is -0.0664. The summed E-state index contributed by atoms with van der Waals surface area (Å²) in [4.78, 5) is 18.0. The largest absolute Gasteiger partial charge is 0.453 e. The van der Waals surface area contributed by atoms with Crippen LogP contribution in [0.2, 0.25) is 0 Å². The van der Waals surface area contributed by atoms with Crippen molar-refractivity contribution in [3.63, 3.8) is 0 Å². The molecule has 1 heterocycles. The zero-order chi connectivity index (χ0) is 29.5. The third-order valence-corrected chi connectivity index (χ3v) is 8.88. The van der Waals surface area contributed by atoms with Gasteiger partial charge in [0.15, 0.2) is 0 Å². The van der Waals surface area contributed by atoms with Crippen LogP contribution in [0.5, 0.6) is 0 Å². The summed E-state index contributed by atoms with van der Waals surface area (Å²) >= 11 is 0. The molecule has 1 N–H and O–H groups in total. The molecular formula is C30H58N4O5S. The first kappa shape index (κ1) is 36.4. The maximum absolute atomic E-state index is 12.5. The van der Waals surface area contributed by atoms with Gasteiger partial charge in [-0.15, -0.1) is 0 Å². The second kappa shape index (κ2) is 22.0. The number of ether oxygens (including phenoxy) is 2. The Morgan fingerprint density at radius 3 is 1.88 bits per heavy atom. The number of amides is 1. The zero-order valence-corrected chi connectivity index (χ0v) is 26.7. The summed E-state index contributed by atoms with van der Waals surface area (Å²) in [5, 5.41) is 0. The predicted octanol–water partition coefficient (Wildman–Crippen LogP) is 6.54. The van der Waals surface area contributed by atoms with Crippen molar-refractivity contribution in [2.75, 3.05) is 39.6 Å². The minimum atomic E-state index is -3.52. The Hall–Kier alpha value is -1.65. The van der Waals surface area contributed by atoms with E-state index in [1.807, 2.05) is 0 Å². The number of nitrogens with one attached hydrogen (secondary N) is 1. The molecule has 1 aromatic rings. The van der Waals surface area contributed by atoms with Crippen LogP contribution in [-0.2, 0) is 26.0 Å². The predicted molar refractivity (Wildman–Crippen MR) is 163 cm³/mol. The highest BCUT2D eigenvalue weighted by Gasteiger charge is 2.31. The van der Waals surface area contributed by atoms with Gasteiger partial charge in [0.1, 0.15) is 0 Å². The first-order valence-electron chi connectivity index (χ1n) is 15.6. The van der Waals surface area contributed by atoms with Crippen LogP contribution in [0.4, 0.5) is 4.79 Å². The third-order valence-electron chi connectivity index (χ3n) is 7.58. The Kier molecular flexibility index (Phi) is 20.0. The molecule has 1 aromatic heterocycles. The van der Waals surface area contributed by atoms with Gasteiger partial charge in [-0.2, -0.15) is 0 Å². The molecule has 0 radical (unpaired) electrons. The fraction of sp³-hybridized carbons (Fsp3) is 0.867. The molecule has 1 amide bonds. The summed E-state index contributed by atoms with van der Waals surface area (Å²) in [7, 11) is -0.622. The SMILES string of the molecule is CCCCCCCCCCCCCCCCCCN(CC(C)(CNS(=O)(=O)CCn1ccnc1)OC)C(=O)OC. The summed E-state index contributed by atoms with van der Waals surface area (Å²) in [6, 6.07) is 0. The van der Waals surface area contributed by atoms with E-state index in [1.165, 1.54) is 97.7 Å². The number of sulfonamides is 1. The van der Waals surface area contributed by atoms with E-state index in [-0.39, 0.29) is 18.8 Å². The highest BCUT2D eigenvalue weighted by atomic mass is 32.2. The lowest BCUT2D eigenvalue weighted by molar-refractivity contribution is -0.0163. The molecule has 0 saturated carbocycles. The van der Waals surface area contributed by atoms with Crippen LogP contribution < -0.4 is 4.72 Å².